The highest BCUT2D eigenvalue weighted by atomic mass is 16.5. The van der Waals surface area contributed by atoms with Crippen molar-refractivity contribution in [3.8, 4) is 11.5 Å². The van der Waals surface area contributed by atoms with Crippen molar-refractivity contribution >= 4 is 5.91 Å². The Labute approximate surface area is 163 Å². The van der Waals surface area contributed by atoms with Gasteiger partial charge in [-0.3, -0.25) is 4.79 Å². The van der Waals surface area contributed by atoms with E-state index in [1.165, 1.54) is 38.6 Å². The molecule has 1 aromatic carbocycles. The van der Waals surface area contributed by atoms with Crippen molar-refractivity contribution in [2.45, 2.75) is 45.4 Å². The third-order valence-electron chi connectivity index (χ3n) is 6.12. The van der Waals surface area contributed by atoms with Gasteiger partial charge < -0.3 is 19.3 Å². The van der Waals surface area contributed by atoms with Crippen molar-refractivity contribution in [1.82, 2.24) is 9.80 Å². The van der Waals surface area contributed by atoms with Crippen LogP contribution >= 0.6 is 0 Å². The van der Waals surface area contributed by atoms with E-state index in [9.17, 15) is 4.79 Å². The van der Waals surface area contributed by atoms with E-state index in [0.717, 1.165) is 44.1 Å². The molecule has 27 heavy (non-hydrogen) atoms. The molecule has 2 aliphatic rings. The summed E-state index contributed by atoms with van der Waals surface area (Å²) in [7, 11) is 3.26. The average molecular weight is 375 g/mol. The first-order valence-electron chi connectivity index (χ1n) is 10.4. The fourth-order valence-corrected chi connectivity index (χ4v) is 4.48. The van der Waals surface area contributed by atoms with Crippen LogP contribution in [0.1, 0.15) is 54.4 Å². The van der Waals surface area contributed by atoms with Crippen LogP contribution < -0.4 is 9.47 Å². The highest BCUT2D eigenvalue weighted by Gasteiger charge is 2.24. The van der Waals surface area contributed by atoms with Crippen LogP contribution in [0, 0.1) is 12.8 Å². The first kappa shape index (κ1) is 20.0. The number of nitrogens with zero attached hydrogens (tertiary/aromatic N) is 2. The maximum atomic E-state index is 13.1. The quantitative estimate of drug-likeness (QED) is 0.787. The number of rotatable bonds is 5. The molecule has 1 heterocycles. The van der Waals surface area contributed by atoms with E-state index in [-0.39, 0.29) is 5.91 Å². The fraction of sp³-hybridized carbons (Fsp3) is 0.682. The second kappa shape index (κ2) is 9.45. The predicted molar refractivity (Wildman–Crippen MR) is 108 cm³/mol. The summed E-state index contributed by atoms with van der Waals surface area (Å²) in [5.74, 6) is 2.33. The van der Waals surface area contributed by atoms with E-state index < -0.39 is 0 Å². The second-order valence-electron chi connectivity index (χ2n) is 7.96. The van der Waals surface area contributed by atoms with Gasteiger partial charge in [0.05, 0.1) is 14.2 Å². The zero-order valence-corrected chi connectivity index (χ0v) is 17.1. The molecule has 1 aliphatic carbocycles. The Morgan fingerprint density at radius 3 is 2.26 bits per heavy atom. The summed E-state index contributed by atoms with van der Waals surface area (Å²) in [5.41, 5.74) is 1.57. The molecule has 1 amide bonds. The van der Waals surface area contributed by atoms with Crippen LogP contribution in [0.2, 0.25) is 0 Å². The van der Waals surface area contributed by atoms with Gasteiger partial charge >= 0.3 is 0 Å². The second-order valence-corrected chi connectivity index (χ2v) is 7.96. The molecule has 0 aromatic heterocycles. The SMILES string of the molecule is COc1cc(C(=O)N2CCCN(CC3CCCCC3)CC2)cc(OC)c1C. The molecule has 1 aromatic rings. The highest BCUT2D eigenvalue weighted by Crippen LogP contribution is 2.30. The molecule has 1 saturated heterocycles. The van der Waals surface area contributed by atoms with Gasteiger partial charge in [-0.1, -0.05) is 19.3 Å². The van der Waals surface area contributed by atoms with Crippen LogP contribution in [0.3, 0.4) is 0 Å². The van der Waals surface area contributed by atoms with Gasteiger partial charge in [0.1, 0.15) is 11.5 Å². The van der Waals surface area contributed by atoms with Crippen molar-refractivity contribution in [1.29, 1.82) is 0 Å². The van der Waals surface area contributed by atoms with Gasteiger partial charge in [-0.25, -0.2) is 0 Å². The molecule has 1 aliphatic heterocycles. The number of ether oxygens (including phenoxy) is 2. The van der Waals surface area contributed by atoms with E-state index in [4.69, 9.17) is 9.47 Å². The standard InChI is InChI=1S/C22H34N2O3/c1-17-20(26-2)14-19(15-21(17)27-3)22(25)24-11-7-10-23(12-13-24)16-18-8-5-4-6-9-18/h14-15,18H,4-13,16H2,1-3H3. The number of carbonyl (C=O) groups excluding carboxylic acids is 1. The number of methoxy groups -OCH3 is 2. The molecular formula is C22H34N2O3. The van der Waals surface area contributed by atoms with E-state index >= 15 is 0 Å². The Bertz CT molecular complexity index is 615. The summed E-state index contributed by atoms with van der Waals surface area (Å²) < 4.78 is 10.9. The number of amides is 1. The van der Waals surface area contributed by atoms with Gasteiger partial charge in [-0.15, -0.1) is 0 Å². The summed E-state index contributed by atoms with van der Waals surface area (Å²) in [5, 5.41) is 0. The third kappa shape index (κ3) is 4.95. The largest absolute Gasteiger partial charge is 0.496 e. The number of carbonyl (C=O) groups is 1. The Kier molecular flexibility index (Phi) is 7.00. The van der Waals surface area contributed by atoms with Crippen molar-refractivity contribution in [2.75, 3.05) is 46.9 Å². The summed E-state index contributed by atoms with van der Waals surface area (Å²) in [6.45, 7) is 6.83. The Balaban J connectivity index is 1.64. The molecule has 0 radical (unpaired) electrons. The third-order valence-corrected chi connectivity index (χ3v) is 6.12. The van der Waals surface area contributed by atoms with E-state index in [1.807, 2.05) is 24.0 Å². The molecule has 150 valence electrons. The van der Waals surface area contributed by atoms with Crippen LogP contribution in [0.25, 0.3) is 0 Å². The molecule has 0 atom stereocenters. The smallest absolute Gasteiger partial charge is 0.254 e. The molecule has 2 fully saturated rings. The van der Waals surface area contributed by atoms with E-state index in [2.05, 4.69) is 4.90 Å². The molecule has 0 unspecified atom stereocenters. The van der Waals surface area contributed by atoms with Crippen molar-refractivity contribution in [3.05, 3.63) is 23.3 Å². The molecule has 1 saturated carbocycles. The van der Waals surface area contributed by atoms with Crippen LogP contribution in [0.4, 0.5) is 0 Å². The van der Waals surface area contributed by atoms with Crippen molar-refractivity contribution in [2.24, 2.45) is 5.92 Å². The number of hydrogen-bond acceptors (Lipinski definition) is 4. The summed E-state index contributed by atoms with van der Waals surface area (Å²) >= 11 is 0. The predicted octanol–water partition coefficient (Wildman–Crippen LogP) is 3.74. The molecule has 3 rings (SSSR count). The Morgan fingerprint density at radius 2 is 1.63 bits per heavy atom. The lowest BCUT2D eigenvalue weighted by atomic mass is 9.89. The lowest BCUT2D eigenvalue weighted by Crippen LogP contribution is -2.37. The van der Waals surface area contributed by atoms with Gasteiger partial charge in [0.25, 0.3) is 5.91 Å². The maximum Gasteiger partial charge on any atom is 0.254 e. The van der Waals surface area contributed by atoms with Crippen molar-refractivity contribution in [3.63, 3.8) is 0 Å². The molecular weight excluding hydrogens is 340 g/mol. The topological polar surface area (TPSA) is 42.0 Å². The van der Waals surface area contributed by atoms with Crippen LogP contribution in [-0.2, 0) is 0 Å². The zero-order chi connectivity index (χ0) is 19.2. The Morgan fingerprint density at radius 1 is 0.963 bits per heavy atom. The molecule has 0 spiro atoms. The first-order valence-corrected chi connectivity index (χ1v) is 10.4. The lowest BCUT2D eigenvalue weighted by Gasteiger charge is -2.28. The normalized spacial score (nSPS) is 19.6. The number of hydrogen-bond donors (Lipinski definition) is 0. The van der Waals surface area contributed by atoms with Gasteiger partial charge in [0.15, 0.2) is 0 Å². The Hall–Kier alpha value is -1.75. The minimum Gasteiger partial charge on any atom is -0.496 e. The molecule has 5 heteroatoms. The van der Waals surface area contributed by atoms with Gasteiger partial charge in [-0.05, 0) is 50.8 Å². The van der Waals surface area contributed by atoms with E-state index in [0.29, 0.717) is 17.1 Å². The summed E-state index contributed by atoms with van der Waals surface area (Å²) in [4.78, 5) is 17.7. The average Bonchev–Trinajstić information content (AvgIpc) is 2.94. The molecule has 0 bridgehead atoms. The highest BCUT2D eigenvalue weighted by molar-refractivity contribution is 5.95. The van der Waals surface area contributed by atoms with Crippen LogP contribution in [-0.4, -0.2) is 62.7 Å². The summed E-state index contributed by atoms with van der Waals surface area (Å²) in [6.07, 6.45) is 7.98. The summed E-state index contributed by atoms with van der Waals surface area (Å²) in [6, 6.07) is 3.68. The van der Waals surface area contributed by atoms with E-state index in [1.54, 1.807) is 14.2 Å². The van der Waals surface area contributed by atoms with Gasteiger partial charge in [0.2, 0.25) is 0 Å². The lowest BCUT2D eigenvalue weighted by molar-refractivity contribution is 0.0759. The van der Waals surface area contributed by atoms with Gasteiger partial charge in [0, 0.05) is 37.3 Å². The molecule has 5 nitrogen and oxygen atoms in total. The van der Waals surface area contributed by atoms with Crippen LogP contribution in [0.15, 0.2) is 12.1 Å². The van der Waals surface area contributed by atoms with Crippen LogP contribution in [0.5, 0.6) is 11.5 Å². The minimum absolute atomic E-state index is 0.0751. The monoisotopic (exact) mass is 374 g/mol. The first-order chi connectivity index (χ1) is 13.1. The zero-order valence-electron chi connectivity index (χ0n) is 17.1. The fourth-order valence-electron chi connectivity index (χ4n) is 4.48. The van der Waals surface area contributed by atoms with Crippen molar-refractivity contribution < 1.29 is 14.3 Å². The minimum atomic E-state index is 0.0751. The number of benzene rings is 1. The van der Waals surface area contributed by atoms with Gasteiger partial charge in [-0.2, -0.15) is 0 Å². The molecule has 0 N–H and O–H groups in total. The maximum absolute atomic E-state index is 13.1.